The van der Waals surface area contributed by atoms with Gasteiger partial charge in [-0.05, 0) is 202 Å². The molecule has 0 amide bonds. The molecule has 119 heavy (non-hydrogen) atoms. The number of rotatable bonds is 14. The van der Waals surface area contributed by atoms with Crippen LogP contribution in [0.15, 0.2) is 455 Å². The van der Waals surface area contributed by atoms with Crippen LogP contribution < -0.4 is 26.2 Å². The number of benzene rings is 19. The van der Waals surface area contributed by atoms with Crippen molar-refractivity contribution in [1.29, 1.82) is 0 Å². The standard InChI is InChI=1S/C114H75BN4/c1-10-32-76(33-11-1)79-54-56-80(57-55-79)91-74-110-112-111(75-91)119(114-100(83-42-20-6-21-43-83)68-90(69-101(114)84-44-22-7-23-45-84)88-59-63-97-95-51-29-31-53-105(95)117(109(97)73-88)93-48-26-9-27-49-93)107-65-61-86(78-36-14-3-15-37-78)71-103(107)115(112)102-70-85(77-34-12-2-13-35-77)60-64-106(102)118(110)113-98(81-38-16-4-17-39-81)66-89(67-99(113)82-40-18-5-19-41-82)87-58-62-96-94-50-28-30-52-104(94)116(108(96)72-87)92-46-24-8-25-47-92/h1-75H. The highest BCUT2D eigenvalue weighted by molar-refractivity contribution is 7.00. The van der Waals surface area contributed by atoms with Gasteiger partial charge in [-0.3, -0.25) is 0 Å². The van der Waals surface area contributed by atoms with Gasteiger partial charge in [0.25, 0.3) is 6.71 Å². The summed E-state index contributed by atoms with van der Waals surface area (Å²) < 4.78 is 4.87. The normalized spacial score (nSPS) is 12.2. The van der Waals surface area contributed by atoms with Gasteiger partial charge < -0.3 is 18.9 Å². The van der Waals surface area contributed by atoms with Crippen LogP contribution in [0.1, 0.15) is 0 Å². The molecule has 0 bridgehead atoms. The molecule has 0 N–H and O–H groups in total. The number of para-hydroxylation sites is 4. The van der Waals surface area contributed by atoms with Gasteiger partial charge in [0.15, 0.2) is 0 Å². The fraction of sp³-hybridized carbons (Fsp3) is 0. The Labute approximate surface area is 692 Å². The summed E-state index contributed by atoms with van der Waals surface area (Å²) in [6.45, 7) is -0.301. The Kier molecular flexibility index (Phi) is 16.7. The fourth-order valence-corrected chi connectivity index (χ4v) is 19.2. The van der Waals surface area contributed by atoms with E-state index < -0.39 is 0 Å². The molecule has 0 saturated heterocycles. The van der Waals surface area contributed by atoms with E-state index in [1.807, 2.05) is 0 Å². The summed E-state index contributed by atoms with van der Waals surface area (Å²) >= 11 is 0. The molecule has 0 atom stereocenters. The van der Waals surface area contributed by atoms with E-state index in [1.165, 1.54) is 54.5 Å². The molecule has 4 heterocycles. The average Bonchev–Trinajstić information content (AvgIpc) is 1.64. The number of nitrogens with zero attached hydrogens (tertiary/aromatic N) is 4. The minimum absolute atomic E-state index is 0.301. The molecular formula is C114H75BN4. The molecular weight excluding hydrogens is 1440 g/mol. The monoisotopic (exact) mass is 1510 g/mol. The topological polar surface area (TPSA) is 16.3 Å². The summed E-state index contributed by atoms with van der Waals surface area (Å²) in [6, 6.07) is 170. The largest absolute Gasteiger partial charge is 0.310 e. The van der Waals surface area contributed by atoms with E-state index in [4.69, 9.17) is 0 Å². The zero-order valence-corrected chi connectivity index (χ0v) is 65.2. The van der Waals surface area contributed by atoms with Crippen molar-refractivity contribution < 1.29 is 0 Å². The Morgan fingerprint density at radius 3 is 0.765 bits per heavy atom. The van der Waals surface area contributed by atoms with Gasteiger partial charge in [0.1, 0.15) is 0 Å². The number of fused-ring (bicyclic) bond motifs is 10. The van der Waals surface area contributed by atoms with Gasteiger partial charge in [-0.15, -0.1) is 0 Å². The third-order valence-corrected chi connectivity index (χ3v) is 24.7. The van der Waals surface area contributed by atoms with Crippen LogP contribution in [0.3, 0.4) is 0 Å². The minimum atomic E-state index is -0.301. The maximum absolute atomic E-state index is 2.70. The van der Waals surface area contributed by atoms with Gasteiger partial charge in [0.05, 0.1) is 33.4 Å². The molecule has 5 heteroatoms. The van der Waals surface area contributed by atoms with Crippen molar-refractivity contribution in [2.45, 2.75) is 0 Å². The molecule has 2 aliphatic rings. The quantitative estimate of drug-likeness (QED) is 0.101. The molecule has 19 aromatic carbocycles. The lowest BCUT2D eigenvalue weighted by Crippen LogP contribution is -2.61. The Morgan fingerprint density at radius 1 is 0.160 bits per heavy atom. The van der Waals surface area contributed by atoms with Crippen LogP contribution in [0.25, 0.3) is 166 Å². The van der Waals surface area contributed by atoms with Crippen molar-refractivity contribution in [3.05, 3.63) is 455 Å². The predicted molar refractivity (Wildman–Crippen MR) is 504 cm³/mol. The molecule has 0 unspecified atom stereocenters. The first-order valence-corrected chi connectivity index (χ1v) is 41.1. The van der Waals surface area contributed by atoms with Crippen molar-refractivity contribution in [2.24, 2.45) is 0 Å². The van der Waals surface area contributed by atoms with Gasteiger partial charge in [0.2, 0.25) is 0 Å². The van der Waals surface area contributed by atoms with Crippen LogP contribution in [-0.2, 0) is 0 Å². The molecule has 0 fully saturated rings. The maximum atomic E-state index is 2.70. The van der Waals surface area contributed by atoms with E-state index >= 15 is 0 Å². The highest BCUT2D eigenvalue weighted by atomic mass is 15.2. The molecule has 4 nitrogen and oxygen atoms in total. The minimum Gasteiger partial charge on any atom is -0.310 e. The molecule has 0 saturated carbocycles. The SMILES string of the molecule is c1ccc(-c2ccc(-c3cc4c5c(c3)N(c3c(-c6ccccc6)cc(-c6ccc7c8ccccc8n(-c8ccccc8)c7c6)cc3-c3ccccc3)c3ccc(-c6ccccc6)cc3B5c3cc(-c5ccccc5)ccc3N4c3c(-c4ccccc4)cc(-c4ccc5c6ccccc6n(-c6ccccc6)c5c4)cc3-c3ccccc3)cc2)cc1. The predicted octanol–water partition coefficient (Wildman–Crippen LogP) is 28.6. The Morgan fingerprint density at radius 2 is 0.412 bits per heavy atom. The van der Waals surface area contributed by atoms with Crippen molar-refractivity contribution in [3.8, 4) is 123 Å². The van der Waals surface area contributed by atoms with Crippen molar-refractivity contribution in [3.63, 3.8) is 0 Å². The van der Waals surface area contributed by atoms with Gasteiger partial charge in [0, 0.05) is 77.9 Å². The zero-order valence-electron chi connectivity index (χ0n) is 65.2. The third-order valence-electron chi connectivity index (χ3n) is 24.7. The van der Waals surface area contributed by atoms with Crippen LogP contribution in [0.2, 0.25) is 0 Å². The van der Waals surface area contributed by atoms with Crippen molar-refractivity contribution >= 4 is 101 Å². The lowest BCUT2D eigenvalue weighted by atomic mass is 9.33. The van der Waals surface area contributed by atoms with Gasteiger partial charge >= 0.3 is 0 Å². The summed E-state index contributed by atoms with van der Waals surface area (Å²) in [5.41, 5.74) is 39.4. The first-order valence-electron chi connectivity index (χ1n) is 41.1. The van der Waals surface area contributed by atoms with Crippen LogP contribution in [0, 0.1) is 0 Å². The molecule has 2 aliphatic heterocycles. The highest BCUT2D eigenvalue weighted by Crippen LogP contribution is 2.56. The van der Waals surface area contributed by atoms with Crippen LogP contribution >= 0.6 is 0 Å². The average molecular weight is 1510 g/mol. The number of aromatic nitrogens is 2. The van der Waals surface area contributed by atoms with E-state index in [2.05, 4.69) is 474 Å². The number of hydrogen-bond acceptors (Lipinski definition) is 2. The second kappa shape index (κ2) is 28.8. The van der Waals surface area contributed by atoms with E-state index in [1.54, 1.807) is 0 Å². The third kappa shape index (κ3) is 11.8. The van der Waals surface area contributed by atoms with E-state index in [-0.39, 0.29) is 6.71 Å². The second-order valence-electron chi connectivity index (χ2n) is 31.4. The lowest BCUT2D eigenvalue weighted by Gasteiger charge is -2.46. The van der Waals surface area contributed by atoms with Gasteiger partial charge in [-0.1, -0.05) is 358 Å². The van der Waals surface area contributed by atoms with Crippen molar-refractivity contribution in [1.82, 2.24) is 9.13 Å². The first kappa shape index (κ1) is 69.0. The van der Waals surface area contributed by atoms with Gasteiger partial charge in [-0.25, -0.2) is 0 Å². The molecule has 2 aromatic heterocycles. The summed E-state index contributed by atoms with van der Waals surface area (Å²) in [5, 5.41) is 4.86. The van der Waals surface area contributed by atoms with Crippen LogP contribution in [0.4, 0.5) is 34.1 Å². The molecule has 0 aliphatic carbocycles. The zero-order chi connectivity index (χ0) is 78.4. The number of hydrogen-bond donors (Lipinski definition) is 0. The summed E-state index contributed by atoms with van der Waals surface area (Å²) in [4.78, 5) is 5.39. The van der Waals surface area contributed by atoms with Crippen LogP contribution in [-0.4, -0.2) is 15.8 Å². The molecule has 554 valence electrons. The molecule has 0 spiro atoms. The van der Waals surface area contributed by atoms with E-state index in [0.29, 0.717) is 0 Å². The van der Waals surface area contributed by atoms with E-state index in [0.717, 1.165) is 162 Å². The smallest absolute Gasteiger partial charge is 0.252 e. The Hall–Kier alpha value is -15.6. The van der Waals surface area contributed by atoms with Gasteiger partial charge in [-0.2, -0.15) is 0 Å². The second-order valence-corrected chi connectivity index (χ2v) is 31.4. The molecule has 21 aromatic rings. The maximum Gasteiger partial charge on any atom is 0.252 e. The summed E-state index contributed by atoms with van der Waals surface area (Å²) in [5.74, 6) is 0. The number of anilines is 6. The molecule has 23 rings (SSSR count). The lowest BCUT2D eigenvalue weighted by molar-refractivity contribution is 1.18. The van der Waals surface area contributed by atoms with E-state index in [9.17, 15) is 0 Å². The Balaban J connectivity index is 0.853. The fourth-order valence-electron chi connectivity index (χ4n) is 19.2. The highest BCUT2D eigenvalue weighted by Gasteiger charge is 2.46. The summed E-state index contributed by atoms with van der Waals surface area (Å²) in [6.07, 6.45) is 0. The van der Waals surface area contributed by atoms with Crippen LogP contribution in [0.5, 0.6) is 0 Å². The van der Waals surface area contributed by atoms with Crippen molar-refractivity contribution in [2.75, 3.05) is 9.80 Å². The first-order chi connectivity index (χ1) is 59.0. The molecule has 0 radical (unpaired) electrons. The summed E-state index contributed by atoms with van der Waals surface area (Å²) in [7, 11) is 0. The Bertz CT molecular complexity index is 6950.